The number of methoxy groups -OCH3 is 1. The number of amides is 1. The molecule has 2 heterocycles. The average molecular weight is 577 g/mol. The van der Waals surface area contributed by atoms with Crippen molar-refractivity contribution in [2.24, 2.45) is 0 Å². The van der Waals surface area contributed by atoms with Crippen LogP contribution >= 0.6 is 0 Å². The number of rotatable bonds is 11. The molecule has 0 aliphatic carbocycles. The van der Waals surface area contributed by atoms with Gasteiger partial charge in [0.1, 0.15) is 5.82 Å². The number of unbranched alkanes of at least 4 members (excludes halogenated alkanes) is 2. The van der Waals surface area contributed by atoms with Gasteiger partial charge in [-0.1, -0.05) is 39.2 Å². The zero-order valence-electron chi connectivity index (χ0n) is 25.9. The molecule has 0 bridgehead atoms. The first-order valence-corrected chi connectivity index (χ1v) is 15.4. The van der Waals surface area contributed by atoms with Crippen molar-refractivity contribution in [3.63, 3.8) is 0 Å². The largest absolute Gasteiger partial charge is 0.465 e. The van der Waals surface area contributed by atoms with Crippen LogP contribution in [0.5, 0.6) is 0 Å². The van der Waals surface area contributed by atoms with E-state index in [9.17, 15) is 14.0 Å². The lowest BCUT2D eigenvalue weighted by Crippen LogP contribution is -2.47. The van der Waals surface area contributed by atoms with Gasteiger partial charge in [-0.25, -0.2) is 9.18 Å². The van der Waals surface area contributed by atoms with E-state index in [4.69, 9.17) is 9.47 Å². The number of aryl methyl sites for hydroxylation is 1. The summed E-state index contributed by atoms with van der Waals surface area (Å²) < 4.78 is 27.8. The second-order valence-corrected chi connectivity index (χ2v) is 11.4. The molecule has 0 saturated carbocycles. The molecule has 1 aromatic heterocycles. The highest BCUT2D eigenvalue weighted by Crippen LogP contribution is 2.43. The third kappa shape index (κ3) is 6.78. The lowest BCUT2D eigenvalue weighted by atomic mass is 9.86. The second kappa shape index (κ2) is 14.1. The summed E-state index contributed by atoms with van der Waals surface area (Å²) in [5.74, 6) is -0.569. The first kappa shape index (κ1) is 31.5. The number of ether oxygens (including phenoxy) is 2. The summed E-state index contributed by atoms with van der Waals surface area (Å²) in [4.78, 5) is 27.5. The molecule has 6 nitrogen and oxygen atoms in total. The summed E-state index contributed by atoms with van der Waals surface area (Å²) in [6.45, 7) is 12.1. The van der Waals surface area contributed by atoms with Crippen LogP contribution in [0.25, 0.3) is 28.2 Å². The molecule has 3 atom stereocenters. The van der Waals surface area contributed by atoms with E-state index in [1.165, 1.54) is 24.8 Å². The minimum Gasteiger partial charge on any atom is -0.465 e. The number of hydrogen-bond donors (Lipinski definition) is 0. The molecule has 7 heteroatoms. The van der Waals surface area contributed by atoms with Gasteiger partial charge in [-0.3, -0.25) is 4.79 Å². The molecule has 1 aliphatic heterocycles. The predicted octanol–water partition coefficient (Wildman–Crippen LogP) is 7.98. The summed E-state index contributed by atoms with van der Waals surface area (Å²) >= 11 is 0. The van der Waals surface area contributed by atoms with Gasteiger partial charge in [0, 0.05) is 42.2 Å². The number of esters is 1. The first-order valence-electron chi connectivity index (χ1n) is 15.4. The molecule has 0 N–H and O–H groups in total. The third-order valence-corrected chi connectivity index (χ3v) is 8.30. The van der Waals surface area contributed by atoms with E-state index >= 15 is 0 Å². The monoisotopic (exact) mass is 576 g/mol. The van der Waals surface area contributed by atoms with Crippen LogP contribution in [-0.2, 0) is 20.8 Å². The molecule has 1 unspecified atom stereocenters. The number of benzene rings is 2. The molecule has 1 amide bonds. The highest BCUT2D eigenvalue weighted by molar-refractivity contribution is 6.00. The summed E-state index contributed by atoms with van der Waals surface area (Å²) in [6.07, 6.45) is 8.64. The number of nitrogens with zero attached hydrogens (tertiary/aromatic N) is 2. The van der Waals surface area contributed by atoms with Gasteiger partial charge >= 0.3 is 5.97 Å². The number of morpholine rings is 1. The van der Waals surface area contributed by atoms with Crippen LogP contribution in [0.15, 0.2) is 42.5 Å². The van der Waals surface area contributed by atoms with E-state index in [1.54, 1.807) is 17.1 Å². The minimum absolute atomic E-state index is 0.0350. The van der Waals surface area contributed by atoms with Crippen molar-refractivity contribution in [1.82, 2.24) is 9.47 Å². The summed E-state index contributed by atoms with van der Waals surface area (Å²) in [7, 11) is 1.39. The number of fused-ring (bicyclic) bond motifs is 1. The van der Waals surface area contributed by atoms with Gasteiger partial charge in [0.05, 0.1) is 30.6 Å². The molecule has 2 aromatic carbocycles. The number of carbonyl (C=O) groups is 2. The molecule has 1 fully saturated rings. The Morgan fingerprint density at radius 1 is 1.07 bits per heavy atom. The zero-order valence-corrected chi connectivity index (χ0v) is 25.9. The minimum atomic E-state index is -0.380. The molecular weight excluding hydrogens is 531 g/mol. The van der Waals surface area contributed by atoms with Gasteiger partial charge in [-0.15, -0.1) is 0 Å². The SMILES string of the molecule is CCCCCC(CC)c1c(-c2ccc(F)cc2/C=C/C(=O)N2C[C@@H](C)O[C@@H](C)C2)n(CC)c2cc(C(=O)OC)ccc12. The summed E-state index contributed by atoms with van der Waals surface area (Å²) in [5, 5.41) is 1.09. The maximum absolute atomic E-state index is 14.7. The van der Waals surface area contributed by atoms with Crippen LogP contribution < -0.4 is 0 Å². The third-order valence-electron chi connectivity index (χ3n) is 8.30. The van der Waals surface area contributed by atoms with Crippen LogP contribution in [-0.4, -0.2) is 53.8 Å². The Morgan fingerprint density at radius 2 is 1.81 bits per heavy atom. The topological polar surface area (TPSA) is 60.8 Å². The van der Waals surface area contributed by atoms with Crippen LogP contribution in [0, 0.1) is 5.82 Å². The Labute approximate surface area is 249 Å². The van der Waals surface area contributed by atoms with Crippen LogP contribution in [0.3, 0.4) is 0 Å². The van der Waals surface area contributed by atoms with E-state index in [0.717, 1.165) is 54.3 Å². The second-order valence-electron chi connectivity index (χ2n) is 11.4. The van der Waals surface area contributed by atoms with E-state index < -0.39 is 0 Å². The summed E-state index contributed by atoms with van der Waals surface area (Å²) in [6, 6.07) is 10.6. The van der Waals surface area contributed by atoms with Crippen molar-refractivity contribution in [2.45, 2.75) is 91.4 Å². The number of aromatic nitrogens is 1. The predicted molar refractivity (Wildman–Crippen MR) is 167 cm³/mol. The Bertz CT molecular complexity index is 1430. The Balaban J connectivity index is 1.89. The molecule has 4 rings (SSSR count). The van der Waals surface area contributed by atoms with E-state index in [2.05, 4.69) is 25.3 Å². The number of carbonyl (C=O) groups excluding carboxylic acids is 2. The zero-order chi connectivity index (χ0) is 30.4. The smallest absolute Gasteiger partial charge is 0.337 e. The van der Waals surface area contributed by atoms with Crippen LogP contribution in [0.2, 0.25) is 0 Å². The van der Waals surface area contributed by atoms with Crippen molar-refractivity contribution >= 4 is 28.9 Å². The fourth-order valence-electron chi connectivity index (χ4n) is 6.36. The molecule has 0 radical (unpaired) electrons. The van der Waals surface area contributed by atoms with Gasteiger partial charge in [0.15, 0.2) is 0 Å². The molecule has 42 heavy (non-hydrogen) atoms. The molecular formula is C35H45FN2O4. The van der Waals surface area contributed by atoms with Gasteiger partial charge in [0.25, 0.3) is 0 Å². The van der Waals surface area contributed by atoms with Crippen molar-refractivity contribution in [3.05, 3.63) is 65.0 Å². The van der Waals surface area contributed by atoms with Crippen LogP contribution in [0.1, 0.15) is 94.1 Å². The molecule has 1 saturated heterocycles. The van der Waals surface area contributed by atoms with Gasteiger partial charge in [0.2, 0.25) is 5.91 Å². The Kier molecular flexibility index (Phi) is 10.6. The maximum Gasteiger partial charge on any atom is 0.337 e. The van der Waals surface area contributed by atoms with Crippen molar-refractivity contribution < 1.29 is 23.5 Å². The van der Waals surface area contributed by atoms with E-state index in [-0.39, 0.29) is 35.8 Å². The fourth-order valence-corrected chi connectivity index (χ4v) is 6.36. The molecule has 1 aliphatic rings. The van der Waals surface area contributed by atoms with E-state index in [1.807, 2.05) is 38.1 Å². The van der Waals surface area contributed by atoms with Crippen molar-refractivity contribution in [1.29, 1.82) is 0 Å². The quantitative estimate of drug-likeness (QED) is 0.132. The first-order chi connectivity index (χ1) is 20.2. The number of halogens is 1. The fraction of sp³-hybridized carbons (Fsp3) is 0.486. The Hall–Kier alpha value is -3.45. The molecule has 0 spiro atoms. The molecule has 226 valence electrons. The van der Waals surface area contributed by atoms with E-state index in [0.29, 0.717) is 30.8 Å². The van der Waals surface area contributed by atoms with Gasteiger partial charge in [-0.2, -0.15) is 0 Å². The van der Waals surface area contributed by atoms with Crippen LogP contribution in [0.4, 0.5) is 4.39 Å². The van der Waals surface area contributed by atoms with Gasteiger partial charge < -0.3 is 18.9 Å². The summed E-state index contributed by atoms with van der Waals surface area (Å²) in [5.41, 5.74) is 5.18. The standard InChI is InChI=1S/C35H45FN2O4/c1-7-10-11-12-25(8-2)33-30-16-13-27(35(40)41-6)20-31(30)38(9-3)34(33)29-17-15-28(36)19-26(29)14-18-32(39)37-21-23(4)42-24(5)22-37/h13-20,23-25H,7-12,21-22H2,1-6H3/b18-14+/t23-,24+,25?. The highest BCUT2D eigenvalue weighted by atomic mass is 19.1. The van der Waals surface area contributed by atoms with Crippen molar-refractivity contribution in [3.8, 4) is 11.3 Å². The molecule has 3 aromatic rings. The number of hydrogen-bond acceptors (Lipinski definition) is 4. The maximum atomic E-state index is 14.7. The lowest BCUT2D eigenvalue weighted by Gasteiger charge is -2.34. The Morgan fingerprint density at radius 3 is 2.45 bits per heavy atom. The highest BCUT2D eigenvalue weighted by Gasteiger charge is 2.27. The van der Waals surface area contributed by atoms with Crippen molar-refractivity contribution in [2.75, 3.05) is 20.2 Å². The average Bonchev–Trinajstić information content (AvgIpc) is 3.30. The lowest BCUT2D eigenvalue weighted by molar-refractivity contribution is -0.137. The van der Waals surface area contributed by atoms with Gasteiger partial charge in [-0.05, 0) is 87.1 Å². The normalized spacial score (nSPS) is 18.1.